The summed E-state index contributed by atoms with van der Waals surface area (Å²) < 4.78 is 2.38. The smallest absolute Gasteiger partial charge is 0.164 e. The van der Waals surface area contributed by atoms with Gasteiger partial charge in [-0.1, -0.05) is 152 Å². The molecule has 2 heterocycles. The maximum atomic E-state index is 5.16. The van der Waals surface area contributed by atoms with E-state index >= 15 is 0 Å². The highest BCUT2D eigenvalue weighted by molar-refractivity contribution is 6.11. The first-order valence-electron chi connectivity index (χ1n) is 17.2. The highest BCUT2D eigenvalue weighted by atomic mass is 15.0. The van der Waals surface area contributed by atoms with Crippen molar-refractivity contribution in [3.63, 3.8) is 0 Å². The zero-order valence-electron chi connectivity index (χ0n) is 27.6. The Morgan fingerprint density at radius 2 is 0.824 bits per heavy atom. The molecule has 10 aromatic rings. The molecule has 0 aliphatic rings. The van der Waals surface area contributed by atoms with Gasteiger partial charge in [-0.25, -0.2) is 15.0 Å². The van der Waals surface area contributed by atoms with E-state index in [-0.39, 0.29) is 0 Å². The van der Waals surface area contributed by atoms with Gasteiger partial charge in [0.2, 0.25) is 0 Å². The summed E-state index contributed by atoms with van der Waals surface area (Å²) in [6, 6.07) is 64.0. The number of hydrogen-bond acceptors (Lipinski definition) is 3. The van der Waals surface area contributed by atoms with E-state index in [0.717, 1.165) is 38.7 Å². The lowest BCUT2D eigenvalue weighted by Crippen LogP contribution is -2.01. The van der Waals surface area contributed by atoms with Gasteiger partial charge < -0.3 is 4.57 Å². The second-order valence-corrected chi connectivity index (χ2v) is 12.9. The van der Waals surface area contributed by atoms with Gasteiger partial charge in [-0.3, -0.25) is 0 Å². The van der Waals surface area contributed by atoms with Gasteiger partial charge in [0.1, 0.15) is 0 Å². The molecule has 51 heavy (non-hydrogen) atoms. The summed E-state index contributed by atoms with van der Waals surface area (Å²) in [5.74, 6) is 1.92. The SMILES string of the molecule is c1ccc(-c2nc(-c3ccc(-c4ccc5ccccc5c4)cc3)nc(-c3ccc(-n4c5ccccc5c5ccccc54)c4ccccc34)n2)cc1. The van der Waals surface area contributed by atoms with Crippen molar-refractivity contribution in [1.29, 1.82) is 0 Å². The van der Waals surface area contributed by atoms with Crippen molar-refractivity contribution in [2.75, 3.05) is 0 Å². The third kappa shape index (κ3) is 4.96. The van der Waals surface area contributed by atoms with Crippen LogP contribution in [0, 0.1) is 0 Å². The summed E-state index contributed by atoms with van der Waals surface area (Å²) in [7, 11) is 0. The Bertz CT molecular complexity index is 2850. The lowest BCUT2D eigenvalue weighted by molar-refractivity contribution is 1.08. The monoisotopic (exact) mass is 650 g/mol. The topological polar surface area (TPSA) is 43.6 Å². The zero-order chi connectivity index (χ0) is 33.7. The molecule has 0 spiro atoms. The van der Waals surface area contributed by atoms with E-state index in [1.165, 1.54) is 38.1 Å². The van der Waals surface area contributed by atoms with Gasteiger partial charge in [0, 0.05) is 32.8 Å². The molecule has 0 atom stereocenters. The molecule has 0 aliphatic heterocycles. The van der Waals surface area contributed by atoms with Crippen LogP contribution in [0.1, 0.15) is 0 Å². The second-order valence-electron chi connectivity index (χ2n) is 12.9. The van der Waals surface area contributed by atoms with Crippen molar-refractivity contribution in [2.24, 2.45) is 0 Å². The number of fused-ring (bicyclic) bond motifs is 5. The molecule has 0 saturated carbocycles. The van der Waals surface area contributed by atoms with Crippen LogP contribution in [0.25, 0.3) is 94.3 Å². The molecule has 0 amide bonds. The van der Waals surface area contributed by atoms with Crippen LogP contribution in [0.2, 0.25) is 0 Å². The summed E-state index contributed by atoms with van der Waals surface area (Å²) >= 11 is 0. The first kappa shape index (κ1) is 29.0. The molecule has 0 saturated heterocycles. The predicted molar refractivity (Wildman–Crippen MR) is 211 cm³/mol. The molecule has 10 rings (SSSR count). The van der Waals surface area contributed by atoms with E-state index in [9.17, 15) is 0 Å². The largest absolute Gasteiger partial charge is 0.309 e. The number of benzene rings is 8. The Morgan fingerprint density at radius 3 is 1.53 bits per heavy atom. The van der Waals surface area contributed by atoms with Gasteiger partial charge in [0.05, 0.1) is 16.7 Å². The van der Waals surface area contributed by atoms with Crippen LogP contribution in [0.3, 0.4) is 0 Å². The van der Waals surface area contributed by atoms with Crippen molar-refractivity contribution < 1.29 is 0 Å². The summed E-state index contributed by atoms with van der Waals surface area (Å²) in [6.07, 6.45) is 0. The lowest BCUT2D eigenvalue weighted by Gasteiger charge is -2.15. The highest BCUT2D eigenvalue weighted by Crippen LogP contribution is 2.38. The molecule has 4 nitrogen and oxygen atoms in total. The van der Waals surface area contributed by atoms with Crippen molar-refractivity contribution in [1.82, 2.24) is 19.5 Å². The normalized spacial score (nSPS) is 11.5. The standard InChI is InChI=1S/C47H30N4/c1-2-13-33(14-3-1)45-48-46(34-25-22-32(23-26-34)36-27-24-31-12-4-5-15-35(31)30-36)50-47(49-45)41-28-29-44(38-17-7-6-16-37(38)41)51-42-20-10-8-18-39(42)40-19-9-11-21-43(40)51/h1-30H. The van der Waals surface area contributed by atoms with Crippen molar-refractivity contribution in [2.45, 2.75) is 0 Å². The minimum atomic E-state index is 0.638. The van der Waals surface area contributed by atoms with Crippen molar-refractivity contribution in [3.05, 3.63) is 182 Å². The Kier molecular flexibility index (Phi) is 6.78. The number of hydrogen-bond donors (Lipinski definition) is 0. The predicted octanol–water partition coefficient (Wildman–Crippen LogP) is 11.9. The van der Waals surface area contributed by atoms with E-state index < -0.39 is 0 Å². The van der Waals surface area contributed by atoms with Gasteiger partial charge in [0.15, 0.2) is 17.5 Å². The third-order valence-corrected chi connectivity index (χ3v) is 9.86. The fourth-order valence-corrected chi connectivity index (χ4v) is 7.38. The number of para-hydroxylation sites is 2. The van der Waals surface area contributed by atoms with Gasteiger partial charge in [-0.05, 0) is 57.6 Å². The second kappa shape index (κ2) is 11.9. The van der Waals surface area contributed by atoms with E-state index in [1.807, 2.05) is 18.2 Å². The van der Waals surface area contributed by atoms with Crippen LogP contribution in [-0.4, -0.2) is 19.5 Å². The van der Waals surface area contributed by atoms with E-state index in [4.69, 9.17) is 15.0 Å². The third-order valence-electron chi connectivity index (χ3n) is 9.86. The lowest BCUT2D eigenvalue weighted by atomic mass is 10.00. The van der Waals surface area contributed by atoms with Crippen molar-refractivity contribution in [3.8, 4) is 51.0 Å². The molecular formula is C47H30N4. The summed E-state index contributed by atoms with van der Waals surface area (Å²) in [5.41, 5.74) is 8.64. The average Bonchev–Trinajstić information content (AvgIpc) is 3.54. The Morgan fingerprint density at radius 1 is 0.314 bits per heavy atom. The quantitative estimate of drug-likeness (QED) is 0.186. The summed E-state index contributed by atoms with van der Waals surface area (Å²) in [5, 5.41) is 7.15. The highest BCUT2D eigenvalue weighted by Gasteiger charge is 2.18. The Labute approximate surface area is 295 Å². The molecule has 0 radical (unpaired) electrons. The molecule has 8 aromatic carbocycles. The zero-order valence-corrected chi connectivity index (χ0v) is 27.6. The van der Waals surface area contributed by atoms with E-state index in [2.05, 4.69) is 168 Å². The Balaban J connectivity index is 1.13. The molecule has 2 aromatic heterocycles. The van der Waals surface area contributed by atoms with Crippen LogP contribution < -0.4 is 0 Å². The molecule has 0 N–H and O–H groups in total. The van der Waals surface area contributed by atoms with Crippen LogP contribution in [0.5, 0.6) is 0 Å². The molecule has 0 fully saturated rings. The molecule has 0 unspecified atom stereocenters. The summed E-state index contributed by atoms with van der Waals surface area (Å²) in [6.45, 7) is 0. The molecule has 0 bridgehead atoms. The van der Waals surface area contributed by atoms with Crippen LogP contribution in [0.4, 0.5) is 0 Å². The maximum absolute atomic E-state index is 5.16. The minimum absolute atomic E-state index is 0.638. The first-order chi connectivity index (χ1) is 25.3. The fraction of sp³-hybridized carbons (Fsp3) is 0. The van der Waals surface area contributed by atoms with Gasteiger partial charge in [0.25, 0.3) is 0 Å². The molecule has 4 heteroatoms. The Hall–Kier alpha value is -6.91. The first-order valence-corrected chi connectivity index (χ1v) is 17.2. The molecule has 0 aliphatic carbocycles. The van der Waals surface area contributed by atoms with Crippen LogP contribution >= 0.6 is 0 Å². The minimum Gasteiger partial charge on any atom is -0.309 e. The number of rotatable bonds is 5. The number of nitrogens with zero attached hydrogens (tertiary/aromatic N) is 4. The van der Waals surface area contributed by atoms with Crippen molar-refractivity contribution >= 4 is 43.4 Å². The fourth-order valence-electron chi connectivity index (χ4n) is 7.38. The van der Waals surface area contributed by atoms with Crippen LogP contribution in [-0.2, 0) is 0 Å². The molecular weight excluding hydrogens is 621 g/mol. The summed E-state index contributed by atoms with van der Waals surface area (Å²) in [4.78, 5) is 15.3. The van der Waals surface area contributed by atoms with Crippen LogP contribution in [0.15, 0.2) is 182 Å². The average molecular weight is 651 g/mol. The van der Waals surface area contributed by atoms with Gasteiger partial charge in [-0.2, -0.15) is 0 Å². The number of aromatic nitrogens is 4. The van der Waals surface area contributed by atoms with E-state index in [0.29, 0.717) is 17.5 Å². The van der Waals surface area contributed by atoms with E-state index in [1.54, 1.807) is 0 Å². The van der Waals surface area contributed by atoms with Gasteiger partial charge in [-0.15, -0.1) is 0 Å². The molecule has 238 valence electrons. The van der Waals surface area contributed by atoms with Gasteiger partial charge >= 0.3 is 0 Å². The maximum Gasteiger partial charge on any atom is 0.164 e.